The van der Waals surface area contributed by atoms with E-state index in [1.54, 1.807) is 12.2 Å². The predicted molar refractivity (Wildman–Crippen MR) is 60.3 cm³/mol. The monoisotopic (exact) mass is 332 g/mol. The molecule has 0 fully saturated rings. The zero-order valence-electron chi connectivity index (χ0n) is 11.0. The molecule has 22 heavy (non-hydrogen) atoms. The number of allylic oxidation sites excluding steroid dienone is 3. The van der Waals surface area contributed by atoms with Crippen LogP contribution in [0.5, 0.6) is 0 Å². The van der Waals surface area contributed by atoms with Gasteiger partial charge in [-0.2, -0.15) is 30.7 Å². The fraction of sp³-hybridized carbons (Fsp3) is 0.615. The quantitative estimate of drug-likeness (QED) is 0.434. The Balaban J connectivity index is 1.95. The molecule has 124 valence electrons. The van der Waals surface area contributed by atoms with Gasteiger partial charge in [0.15, 0.2) is 6.61 Å². The van der Waals surface area contributed by atoms with E-state index in [0.29, 0.717) is 6.42 Å². The van der Waals surface area contributed by atoms with Crippen LogP contribution in [0.25, 0.3) is 0 Å². The second-order valence-electron chi connectivity index (χ2n) is 5.29. The number of fused-ring (bicyclic) bond motifs is 2. The average Bonchev–Trinajstić information content (AvgIpc) is 2.94. The van der Waals surface area contributed by atoms with E-state index in [4.69, 9.17) is 0 Å². The molecule has 0 aromatic carbocycles. The van der Waals surface area contributed by atoms with Gasteiger partial charge in [-0.3, -0.25) is 0 Å². The Hall–Kier alpha value is -1.54. The maximum atomic E-state index is 13.2. The highest BCUT2D eigenvalue weighted by atomic mass is 19.4. The summed E-state index contributed by atoms with van der Waals surface area (Å²) >= 11 is 0. The van der Waals surface area contributed by atoms with Crippen molar-refractivity contribution in [3.05, 3.63) is 23.8 Å². The molecule has 0 aromatic rings. The number of rotatable bonds is 5. The van der Waals surface area contributed by atoms with Crippen LogP contribution in [0.3, 0.4) is 0 Å². The van der Waals surface area contributed by atoms with Crippen molar-refractivity contribution in [2.24, 2.45) is 11.8 Å². The highest BCUT2D eigenvalue weighted by Gasteiger charge is 2.61. The molecule has 2 atom stereocenters. The number of hydrogen-bond donors (Lipinski definition) is 0. The second kappa shape index (κ2) is 5.27. The summed E-state index contributed by atoms with van der Waals surface area (Å²) < 4.78 is 92.2. The van der Waals surface area contributed by atoms with Crippen LogP contribution < -0.4 is 0 Å². The Morgan fingerprint density at radius 3 is 2.18 bits per heavy atom. The number of ether oxygens (including phenoxy) is 1. The highest BCUT2D eigenvalue weighted by Crippen LogP contribution is 2.43. The van der Waals surface area contributed by atoms with Crippen molar-refractivity contribution < 1.29 is 40.3 Å². The van der Waals surface area contributed by atoms with Crippen LogP contribution in [0, 0.1) is 11.8 Å². The van der Waals surface area contributed by atoms with E-state index in [9.17, 15) is 35.5 Å². The first-order valence-corrected chi connectivity index (χ1v) is 6.31. The molecule has 0 spiro atoms. The lowest BCUT2D eigenvalue weighted by Crippen LogP contribution is -2.47. The molecule has 0 saturated carbocycles. The van der Waals surface area contributed by atoms with Crippen LogP contribution in [0.4, 0.5) is 30.7 Å². The first-order valence-electron chi connectivity index (χ1n) is 6.31. The van der Waals surface area contributed by atoms with Gasteiger partial charge >= 0.3 is 24.0 Å². The number of alkyl halides is 7. The minimum atomic E-state index is -5.46. The summed E-state index contributed by atoms with van der Waals surface area (Å²) in [6.07, 6.45) is -2.94. The number of hydrogen-bond acceptors (Lipinski definition) is 2. The van der Waals surface area contributed by atoms with E-state index < -0.39 is 37.0 Å². The molecular weight excluding hydrogens is 321 g/mol. The molecule has 2 aliphatic rings. The smallest absolute Gasteiger partial charge is 0.395 e. The van der Waals surface area contributed by atoms with Gasteiger partial charge in [0.25, 0.3) is 0 Å². The van der Waals surface area contributed by atoms with Crippen molar-refractivity contribution in [1.82, 2.24) is 0 Å². The fourth-order valence-corrected chi connectivity index (χ4v) is 2.38. The van der Waals surface area contributed by atoms with Crippen molar-refractivity contribution in [2.75, 3.05) is 6.61 Å². The molecule has 0 radical (unpaired) electrons. The molecular formula is C13H11F7O2. The molecule has 2 bridgehead atoms. The average molecular weight is 332 g/mol. The maximum absolute atomic E-state index is 13.2. The Morgan fingerprint density at radius 1 is 1.09 bits per heavy atom. The first kappa shape index (κ1) is 16.8. The summed E-state index contributed by atoms with van der Waals surface area (Å²) in [5, 5.41) is 0. The molecule has 0 saturated heterocycles. The van der Waals surface area contributed by atoms with Crippen LogP contribution in [-0.4, -0.2) is 30.6 Å². The standard InChI is InChI=1S/C13H11F7O2/c14-11(15,5-13(18,19)20)12(16,17)6-22-10(21)9-4-7-1-2-8(9)3-7/h1-2,4,7-8H,3,5-6H2. The SMILES string of the molecule is O=C(OCC(F)(F)C(F)(F)CC(F)(F)F)C1=CC2C=CC1C2. The van der Waals surface area contributed by atoms with E-state index >= 15 is 0 Å². The third-order valence-corrected chi connectivity index (χ3v) is 3.49. The molecule has 2 aliphatic carbocycles. The van der Waals surface area contributed by atoms with E-state index in [1.165, 1.54) is 6.08 Å². The van der Waals surface area contributed by atoms with Crippen molar-refractivity contribution in [1.29, 1.82) is 0 Å². The Kier molecular flexibility index (Phi) is 4.03. The van der Waals surface area contributed by atoms with Crippen molar-refractivity contribution in [2.45, 2.75) is 30.9 Å². The molecule has 0 amide bonds. The van der Waals surface area contributed by atoms with Gasteiger partial charge in [-0.05, 0) is 12.3 Å². The molecule has 2 unspecified atom stereocenters. The normalized spacial score (nSPS) is 24.6. The lowest BCUT2D eigenvalue weighted by molar-refractivity contribution is -0.273. The van der Waals surface area contributed by atoms with Gasteiger partial charge in [-0.25, -0.2) is 4.79 Å². The van der Waals surface area contributed by atoms with Gasteiger partial charge in [-0.15, -0.1) is 0 Å². The zero-order chi connectivity index (χ0) is 16.8. The summed E-state index contributed by atoms with van der Waals surface area (Å²) in [5.74, 6) is -12.0. The molecule has 0 aliphatic heterocycles. The summed E-state index contributed by atoms with van der Waals surface area (Å²) in [6.45, 7) is -2.10. The minimum Gasteiger partial charge on any atom is -0.456 e. The van der Waals surface area contributed by atoms with E-state index in [1.807, 2.05) is 0 Å². The number of carbonyl (C=O) groups is 1. The third kappa shape index (κ3) is 3.44. The second-order valence-corrected chi connectivity index (χ2v) is 5.29. The van der Waals surface area contributed by atoms with E-state index in [-0.39, 0.29) is 17.4 Å². The predicted octanol–water partition coefficient (Wildman–Crippen LogP) is 3.88. The van der Waals surface area contributed by atoms with Crippen LogP contribution in [0.2, 0.25) is 0 Å². The zero-order valence-corrected chi connectivity index (χ0v) is 11.0. The van der Waals surface area contributed by atoms with Gasteiger partial charge in [0.2, 0.25) is 0 Å². The molecule has 0 N–H and O–H groups in total. The third-order valence-electron chi connectivity index (χ3n) is 3.49. The van der Waals surface area contributed by atoms with Crippen LogP contribution in [0.1, 0.15) is 12.8 Å². The van der Waals surface area contributed by atoms with Gasteiger partial charge < -0.3 is 4.74 Å². The van der Waals surface area contributed by atoms with Gasteiger partial charge in [-0.1, -0.05) is 18.2 Å². The summed E-state index contributed by atoms with van der Waals surface area (Å²) in [5.41, 5.74) is 0.0717. The van der Waals surface area contributed by atoms with E-state index in [2.05, 4.69) is 4.74 Å². The van der Waals surface area contributed by atoms with Crippen molar-refractivity contribution in [3.8, 4) is 0 Å². The largest absolute Gasteiger partial charge is 0.456 e. The molecule has 9 heteroatoms. The van der Waals surface area contributed by atoms with Crippen molar-refractivity contribution >= 4 is 5.97 Å². The number of esters is 1. The van der Waals surface area contributed by atoms with Gasteiger partial charge in [0.1, 0.15) is 6.42 Å². The summed E-state index contributed by atoms with van der Waals surface area (Å²) in [6, 6.07) is 0. The minimum absolute atomic E-state index is 0.0280. The lowest BCUT2D eigenvalue weighted by atomic mass is 10.0. The Labute approximate surface area is 120 Å². The van der Waals surface area contributed by atoms with Gasteiger partial charge in [0.05, 0.1) is 0 Å². The summed E-state index contributed by atoms with van der Waals surface area (Å²) in [7, 11) is 0. The van der Waals surface area contributed by atoms with Gasteiger partial charge in [0, 0.05) is 11.5 Å². The maximum Gasteiger partial charge on any atom is 0.395 e. The summed E-state index contributed by atoms with van der Waals surface area (Å²) in [4.78, 5) is 11.6. The van der Waals surface area contributed by atoms with Crippen molar-refractivity contribution in [3.63, 3.8) is 0 Å². The van der Waals surface area contributed by atoms with Crippen LogP contribution in [0.15, 0.2) is 23.8 Å². The first-order chi connectivity index (χ1) is 9.91. The topological polar surface area (TPSA) is 26.3 Å². The Morgan fingerprint density at radius 2 is 1.73 bits per heavy atom. The highest BCUT2D eigenvalue weighted by molar-refractivity contribution is 5.90. The molecule has 0 aromatic heterocycles. The molecule has 2 nitrogen and oxygen atoms in total. The Bertz CT molecular complexity index is 519. The number of halogens is 7. The van der Waals surface area contributed by atoms with Crippen LogP contribution >= 0.6 is 0 Å². The lowest BCUT2D eigenvalue weighted by Gasteiger charge is -2.27. The molecule has 0 heterocycles. The fourth-order valence-electron chi connectivity index (χ4n) is 2.38. The molecule has 2 rings (SSSR count). The van der Waals surface area contributed by atoms with E-state index in [0.717, 1.165) is 0 Å². The van der Waals surface area contributed by atoms with Crippen LogP contribution in [-0.2, 0) is 9.53 Å². The number of carbonyl (C=O) groups excluding carboxylic acids is 1.